The fourth-order valence-electron chi connectivity index (χ4n) is 2.42. The number of anilines is 1. The highest BCUT2D eigenvalue weighted by atomic mass is 32.1. The summed E-state index contributed by atoms with van der Waals surface area (Å²) < 4.78 is 5.28. The van der Waals surface area contributed by atoms with Crippen molar-refractivity contribution in [3.05, 3.63) is 11.6 Å². The Kier molecular flexibility index (Phi) is 3.84. The molecule has 0 radical (unpaired) electrons. The number of urea groups is 1. The molecule has 0 unspecified atom stereocenters. The summed E-state index contributed by atoms with van der Waals surface area (Å²) in [7, 11) is 0. The van der Waals surface area contributed by atoms with Gasteiger partial charge >= 0.3 is 6.03 Å². The molecule has 19 heavy (non-hydrogen) atoms. The molecule has 2 aliphatic rings. The van der Waals surface area contributed by atoms with Crippen LogP contribution in [-0.2, 0) is 4.74 Å². The molecule has 0 atom stereocenters. The van der Waals surface area contributed by atoms with E-state index in [4.69, 9.17) is 4.74 Å². The number of hydrogen-bond acceptors (Lipinski definition) is 5. The van der Waals surface area contributed by atoms with Crippen LogP contribution in [0.25, 0.3) is 0 Å². The van der Waals surface area contributed by atoms with Crippen molar-refractivity contribution in [2.75, 3.05) is 57.4 Å². The molecular formula is C12H18N4O2S. The second-order valence-electron chi connectivity index (χ2n) is 4.67. The number of aromatic nitrogens is 1. The Morgan fingerprint density at radius 3 is 2.42 bits per heavy atom. The largest absolute Gasteiger partial charge is 0.378 e. The average molecular weight is 282 g/mol. The Hall–Kier alpha value is -1.34. The van der Waals surface area contributed by atoms with Crippen LogP contribution in [0.4, 0.5) is 9.93 Å². The van der Waals surface area contributed by atoms with Crippen molar-refractivity contribution in [3.8, 4) is 0 Å². The number of morpholine rings is 1. The number of piperazine rings is 1. The molecule has 0 aliphatic carbocycles. The molecule has 104 valence electrons. The number of rotatable bonds is 1. The summed E-state index contributed by atoms with van der Waals surface area (Å²) in [4.78, 5) is 22.7. The van der Waals surface area contributed by atoms with E-state index in [-0.39, 0.29) is 6.03 Å². The zero-order valence-electron chi connectivity index (χ0n) is 10.8. The van der Waals surface area contributed by atoms with Crippen molar-refractivity contribution in [1.82, 2.24) is 14.8 Å². The van der Waals surface area contributed by atoms with E-state index in [1.54, 1.807) is 11.3 Å². The quantitative estimate of drug-likeness (QED) is 0.761. The fraction of sp³-hybridized carbons (Fsp3) is 0.667. The molecule has 2 amide bonds. The SMILES string of the molecule is O=C(N1CCOCC1)N1CCN(c2nccs2)CC1. The van der Waals surface area contributed by atoms with Gasteiger partial charge in [-0.2, -0.15) is 0 Å². The third kappa shape index (κ3) is 2.82. The van der Waals surface area contributed by atoms with Gasteiger partial charge in [0.15, 0.2) is 5.13 Å². The van der Waals surface area contributed by atoms with Gasteiger partial charge in [-0.25, -0.2) is 9.78 Å². The van der Waals surface area contributed by atoms with Crippen LogP contribution in [0.3, 0.4) is 0 Å². The first-order chi connectivity index (χ1) is 9.34. The van der Waals surface area contributed by atoms with E-state index in [1.165, 1.54) is 0 Å². The minimum atomic E-state index is 0.155. The average Bonchev–Trinajstić information content (AvgIpc) is 3.02. The van der Waals surface area contributed by atoms with Gasteiger partial charge in [0.05, 0.1) is 13.2 Å². The van der Waals surface area contributed by atoms with Gasteiger partial charge in [-0.1, -0.05) is 0 Å². The number of ether oxygens (including phenoxy) is 1. The van der Waals surface area contributed by atoms with Gasteiger partial charge in [-0.3, -0.25) is 0 Å². The van der Waals surface area contributed by atoms with Crippen LogP contribution in [0.2, 0.25) is 0 Å². The van der Waals surface area contributed by atoms with Crippen LogP contribution in [0, 0.1) is 0 Å². The Labute approximate surface area is 116 Å². The smallest absolute Gasteiger partial charge is 0.320 e. The molecule has 0 aromatic carbocycles. The molecule has 1 aromatic rings. The molecule has 1 aromatic heterocycles. The molecule has 2 saturated heterocycles. The number of thiazole rings is 1. The highest BCUT2D eigenvalue weighted by Gasteiger charge is 2.26. The first kappa shape index (κ1) is 12.7. The van der Waals surface area contributed by atoms with Crippen molar-refractivity contribution in [1.29, 1.82) is 0 Å². The van der Waals surface area contributed by atoms with Crippen LogP contribution in [0.1, 0.15) is 0 Å². The highest BCUT2D eigenvalue weighted by Crippen LogP contribution is 2.19. The van der Waals surface area contributed by atoms with Crippen molar-refractivity contribution in [2.24, 2.45) is 0 Å². The molecule has 6 nitrogen and oxygen atoms in total. The maximum Gasteiger partial charge on any atom is 0.320 e. The van der Waals surface area contributed by atoms with E-state index in [2.05, 4.69) is 9.88 Å². The van der Waals surface area contributed by atoms with E-state index in [9.17, 15) is 4.79 Å². The molecule has 0 bridgehead atoms. The normalized spacial score (nSPS) is 20.7. The molecule has 3 rings (SSSR count). The Bertz CT molecular complexity index is 411. The van der Waals surface area contributed by atoms with E-state index in [1.807, 2.05) is 21.4 Å². The van der Waals surface area contributed by atoms with Gasteiger partial charge in [-0.05, 0) is 0 Å². The predicted molar refractivity (Wildman–Crippen MR) is 73.7 cm³/mol. The summed E-state index contributed by atoms with van der Waals surface area (Å²) >= 11 is 1.65. The Balaban J connectivity index is 1.53. The van der Waals surface area contributed by atoms with Crippen LogP contribution in [0.15, 0.2) is 11.6 Å². The minimum absolute atomic E-state index is 0.155. The lowest BCUT2D eigenvalue weighted by Crippen LogP contribution is -2.54. The maximum atomic E-state index is 12.3. The number of nitrogens with zero attached hydrogens (tertiary/aromatic N) is 4. The molecule has 3 heterocycles. The van der Waals surface area contributed by atoms with Crippen molar-refractivity contribution in [3.63, 3.8) is 0 Å². The fourth-order valence-corrected chi connectivity index (χ4v) is 3.11. The van der Waals surface area contributed by atoms with Gasteiger partial charge < -0.3 is 19.4 Å². The minimum Gasteiger partial charge on any atom is -0.378 e. The zero-order chi connectivity index (χ0) is 13.1. The van der Waals surface area contributed by atoms with Gasteiger partial charge in [0.25, 0.3) is 0 Å². The molecule has 2 fully saturated rings. The lowest BCUT2D eigenvalue weighted by atomic mass is 10.3. The van der Waals surface area contributed by atoms with E-state index >= 15 is 0 Å². The molecular weight excluding hydrogens is 264 g/mol. The molecule has 2 aliphatic heterocycles. The molecule has 0 saturated carbocycles. The topological polar surface area (TPSA) is 48.9 Å². The van der Waals surface area contributed by atoms with Crippen LogP contribution in [0.5, 0.6) is 0 Å². The second kappa shape index (κ2) is 5.75. The second-order valence-corrected chi connectivity index (χ2v) is 5.54. The lowest BCUT2D eigenvalue weighted by molar-refractivity contribution is 0.0428. The van der Waals surface area contributed by atoms with Crippen molar-refractivity contribution < 1.29 is 9.53 Å². The highest BCUT2D eigenvalue weighted by molar-refractivity contribution is 7.13. The van der Waals surface area contributed by atoms with E-state index in [0.717, 1.165) is 31.3 Å². The van der Waals surface area contributed by atoms with Crippen LogP contribution >= 0.6 is 11.3 Å². The summed E-state index contributed by atoms with van der Waals surface area (Å²) in [6.45, 7) is 6.02. The van der Waals surface area contributed by atoms with Gasteiger partial charge in [0.1, 0.15) is 0 Å². The van der Waals surface area contributed by atoms with E-state index < -0.39 is 0 Å². The Morgan fingerprint density at radius 2 is 1.79 bits per heavy atom. The monoisotopic (exact) mass is 282 g/mol. The number of carbonyl (C=O) groups is 1. The van der Waals surface area contributed by atoms with Gasteiger partial charge in [0.2, 0.25) is 0 Å². The number of amides is 2. The third-order valence-corrected chi connectivity index (χ3v) is 4.35. The third-order valence-electron chi connectivity index (χ3n) is 3.52. The number of carbonyl (C=O) groups excluding carboxylic acids is 1. The predicted octanol–water partition coefficient (Wildman–Crippen LogP) is 0.717. The van der Waals surface area contributed by atoms with Crippen molar-refractivity contribution >= 4 is 22.5 Å². The number of hydrogen-bond donors (Lipinski definition) is 0. The summed E-state index contributed by atoms with van der Waals surface area (Å²) in [5.74, 6) is 0. The van der Waals surface area contributed by atoms with E-state index in [0.29, 0.717) is 26.3 Å². The maximum absolute atomic E-state index is 12.3. The summed E-state index contributed by atoms with van der Waals surface area (Å²) in [5.41, 5.74) is 0. The molecule has 7 heteroatoms. The standard InChI is InChI=1S/C12H18N4O2S/c17-12(16-6-8-18-9-7-16)15-4-2-14(3-5-15)11-13-1-10-19-11/h1,10H,2-9H2. The molecule has 0 spiro atoms. The first-order valence-corrected chi connectivity index (χ1v) is 7.48. The molecule has 0 N–H and O–H groups in total. The van der Waals surface area contributed by atoms with Gasteiger partial charge in [0, 0.05) is 50.8 Å². The summed E-state index contributed by atoms with van der Waals surface area (Å²) in [6.07, 6.45) is 1.82. The van der Waals surface area contributed by atoms with Crippen LogP contribution < -0.4 is 4.90 Å². The van der Waals surface area contributed by atoms with Gasteiger partial charge in [-0.15, -0.1) is 11.3 Å². The van der Waals surface area contributed by atoms with Crippen molar-refractivity contribution in [2.45, 2.75) is 0 Å². The summed E-state index contributed by atoms with van der Waals surface area (Å²) in [5, 5.41) is 3.04. The Morgan fingerprint density at radius 1 is 1.11 bits per heavy atom. The summed E-state index contributed by atoms with van der Waals surface area (Å²) in [6, 6.07) is 0.155. The first-order valence-electron chi connectivity index (χ1n) is 6.60. The van der Waals surface area contributed by atoms with Crippen LogP contribution in [-0.4, -0.2) is 73.3 Å². The lowest BCUT2D eigenvalue weighted by Gasteiger charge is -2.38. The zero-order valence-corrected chi connectivity index (χ0v) is 11.6.